The Hall–Kier alpha value is -1.16. The Labute approximate surface area is 105 Å². The average Bonchev–Trinajstić information content (AvgIpc) is 2.76. The average molecular weight is 255 g/mol. The van der Waals surface area contributed by atoms with E-state index < -0.39 is 4.92 Å². The van der Waals surface area contributed by atoms with Crippen LogP contribution in [-0.4, -0.2) is 10.1 Å². The SMILES string of the molecule is O=[N+]([O-])C1=CCCC=C(C2CCCC2)N=C1Cl. The second-order valence-corrected chi connectivity index (χ2v) is 4.79. The van der Waals surface area contributed by atoms with Gasteiger partial charge in [0.05, 0.1) is 4.92 Å². The maximum absolute atomic E-state index is 10.8. The van der Waals surface area contributed by atoms with Crippen LogP contribution in [0, 0.1) is 16.0 Å². The third-order valence-corrected chi connectivity index (χ3v) is 3.54. The minimum atomic E-state index is -0.455. The van der Waals surface area contributed by atoms with Gasteiger partial charge in [0.2, 0.25) is 5.17 Å². The molecule has 1 aliphatic heterocycles. The van der Waals surface area contributed by atoms with Gasteiger partial charge in [0.1, 0.15) is 0 Å². The summed E-state index contributed by atoms with van der Waals surface area (Å²) in [4.78, 5) is 14.6. The summed E-state index contributed by atoms with van der Waals surface area (Å²) in [6.07, 6.45) is 9.75. The Bertz CT molecular complexity index is 407. The normalized spacial score (nSPS) is 22.3. The molecule has 0 spiro atoms. The van der Waals surface area contributed by atoms with Crippen molar-refractivity contribution in [3.8, 4) is 0 Å². The molecule has 0 bridgehead atoms. The molecular formula is C12H15ClN2O2. The topological polar surface area (TPSA) is 55.5 Å². The van der Waals surface area contributed by atoms with Gasteiger partial charge in [-0.15, -0.1) is 0 Å². The fourth-order valence-corrected chi connectivity index (χ4v) is 2.62. The van der Waals surface area contributed by atoms with Crippen LogP contribution in [0.4, 0.5) is 0 Å². The van der Waals surface area contributed by atoms with Crippen LogP contribution in [0.5, 0.6) is 0 Å². The van der Waals surface area contributed by atoms with E-state index >= 15 is 0 Å². The van der Waals surface area contributed by atoms with E-state index in [-0.39, 0.29) is 10.9 Å². The number of allylic oxidation sites excluding steroid dienone is 4. The zero-order chi connectivity index (χ0) is 12.3. The first-order valence-corrected chi connectivity index (χ1v) is 6.35. The Morgan fingerprint density at radius 3 is 2.59 bits per heavy atom. The summed E-state index contributed by atoms with van der Waals surface area (Å²) in [5.74, 6) is 0.440. The molecule has 92 valence electrons. The van der Waals surface area contributed by atoms with Crippen LogP contribution in [-0.2, 0) is 0 Å². The summed E-state index contributed by atoms with van der Waals surface area (Å²) in [5, 5.41) is 10.8. The Kier molecular flexibility index (Phi) is 3.94. The minimum Gasteiger partial charge on any atom is -0.258 e. The van der Waals surface area contributed by atoms with E-state index in [0.29, 0.717) is 12.3 Å². The van der Waals surface area contributed by atoms with Crippen LogP contribution in [0.3, 0.4) is 0 Å². The van der Waals surface area contributed by atoms with Crippen LogP contribution in [0.15, 0.2) is 28.5 Å². The monoisotopic (exact) mass is 254 g/mol. The van der Waals surface area contributed by atoms with E-state index in [1.165, 1.54) is 12.8 Å². The fraction of sp³-hybridized carbons (Fsp3) is 0.583. The molecule has 0 aromatic carbocycles. The van der Waals surface area contributed by atoms with Gasteiger partial charge in [0, 0.05) is 11.6 Å². The van der Waals surface area contributed by atoms with Crippen molar-refractivity contribution in [3.63, 3.8) is 0 Å². The van der Waals surface area contributed by atoms with Crippen molar-refractivity contribution in [1.29, 1.82) is 0 Å². The maximum Gasteiger partial charge on any atom is 0.302 e. The second kappa shape index (κ2) is 5.45. The number of nitrogens with zero attached hydrogens (tertiary/aromatic N) is 2. The third kappa shape index (κ3) is 2.94. The molecular weight excluding hydrogens is 240 g/mol. The molecule has 5 heteroatoms. The Morgan fingerprint density at radius 2 is 1.94 bits per heavy atom. The predicted molar refractivity (Wildman–Crippen MR) is 67.6 cm³/mol. The fourth-order valence-electron chi connectivity index (χ4n) is 2.38. The van der Waals surface area contributed by atoms with E-state index in [4.69, 9.17) is 11.6 Å². The zero-order valence-corrected chi connectivity index (χ0v) is 10.3. The molecule has 0 unspecified atom stereocenters. The van der Waals surface area contributed by atoms with Gasteiger partial charge >= 0.3 is 5.70 Å². The first-order chi connectivity index (χ1) is 8.18. The highest BCUT2D eigenvalue weighted by Crippen LogP contribution is 2.33. The Morgan fingerprint density at radius 1 is 1.29 bits per heavy atom. The van der Waals surface area contributed by atoms with Gasteiger partial charge < -0.3 is 0 Å². The first kappa shape index (κ1) is 12.3. The van der Waals surface area contributed by atoms with E-state index in [1.54, 1.807) is 6.08 Å². The summed E-state index contributed by atoms with van der Waals surface area (Å²) in [6.45, 7) is 0. The van der Waals surface area contributed by atoms with Gasteiger partial charge in [0.15, 0.2) is 0 Å². The zero-order valence-electron chi connectivity index (χ0n) is 9.56. The molecule has 4 nitrogen and oxygen atoms in total. The molecule has 0 amide bonds. The Balaban J connectivity index is 2.24. The number of hydrogen-bond donors (Lipinski definition) is 0. The molecule has 1 heterocycles. The van der Waals surface area contributed by atoms with Crippen LogP contribution < -0.4 is 0 Å². The van der Waals surface area contributed by atoms with Crippen LogP contribution in [0.1, 0.15) is 38.5 Å². The van der Waals surface area contributed by atoms with Gasteiger partial charge in [-0.2, -0.15) is 0 Å². The lowest BCUT2D eigenvalue weighted by atomic mass is 10.0. The van der Waals surface area contributed by atoms with Crippen molar-refractivity contribution in [2.75, 3.05) is 0 Å². The van der Waals surface area contributed by atoms with Gasteiger partial charge in [0.25, 0.3) is 0 Å². The van der Waals surface area contributed by atoms with E-state index in [1.807, 2.05) is 0 Å². The number of halogens is 1. The van der Waals surface area contributed by atoms with Gasteiger partial charge in [-0.1, -0.05) is 30.5 Å². The third-order valence-electron chi connectivity index (χ3n) is 3.27. The maximum atomic E-state index is 10.8. The lowest BCUT2D eigenvalue weighted by molar-refractivity contribution is -0.414. The summed E-state index contributed by atoms with van der Waals surface area (Å²) in [5.41, 5.74) is 0.884. The van der Waals surface area contributed by atoms with Crippen molar-refractivity contribution < 1.29 is 4.92 Å². The van der Waals surface area contributed by atoms with E-state index in [2.05, 4.69) is 11.1 Å². The number of rotatable bonds is 2. The van der Waals surface area contributed by atoms with Crippen molar-refractivity contribution >= 4 is 16.8 Å². The highest BCUT2D eigenvalue weighted by atomic mass is 35.5. The highest BCUT2D eigenvalue weighted by molar-refractivity contribution is 6.69. The molecule has 2 aliphatic rings. The van der Waals surface area contributed by atoms with Crippen molar-refractivity contribution in [3.05, 3.63) is 33.7 Å². The summed E-state index contributed by atoms with van der Waals surface area (Å²) in [6, 6.07) is 0. The molecule has 0 atom stereocenters. The lowest BCUT2D eigenvalue weighted by Gasteiger charge is -2.11. The number of aliphatic imine (C=N–C) groups is 1. The quantitative estimate of drug-likeness (QED) is 0.558. The van der Waals surface area contributed by atoms with Crippen molar-refractivity contribution in [2.24, 2.45) is 10.9 Å². The molecule has 0 aromatic heterocycles. The van der Waals surface area contributed by atoms with Gasteiger partial charge in [-0.25, -0.2) is 4.99 Å². The number of nitro groups is 1. The minimum absolute atomic E-state index is 0.0212. The van der Waals surface area contributed by atoms with E-state index in [0.717, 1.165) is 25.0 Å². The van der Waals surface area contributed by atoms with Crippen LogP contribution in [0.2, 0.25) is 0 Å². The van der Waals surface area contributed by atoms with Crippen molar-refractivity contribution in [1.82, 2.24) is 0 Å². The van der Waals surface area contributed by atoms with Gasteiger partial charge in [-0.3, -0.25) is 10.1 Å². The molecule has 2 rings (SSSR count). The molecule has 0 N–H and O–H groups in total. The largest absolute Gasteiger partial charge is 0.302 e. The molecule has 1 saturated carbocycles. The first-order valence-electron chi connectivity index (χ1n) is 5.97. The van der Waals surface area contributed by atoms with Crippen LogP contribution >= 0.6 is 11.6 Å². The smallest absolute Gasteiger partial charge is 0.258 e. The molecule has 0 aromatic rings. The molecule has 1 aliphatic carbocycles. The molecule has 1 fully saturated rings. The van der Waals surface area contributed by atoms with Gasteiger partial charge in [-0.05, 0) is 31.8 Å². The molecule has 0 radical (unpaired) electrons. The lowest BCUT2D eigenvalue weighted by Crippen LogP contribution is -2.09. The van der Waals surface area contributed by atoms with E-state index in [9.17, 15) is 10.1 Å². The second-order valence-electron chi connectivity index (χ2n) is 4.44. The predicted octanol–water partition coefficient (Wildman–Crippen LogP) is 3.65. The summed E-state index contributed by atoms with van der Waals surface area (Å²) in [7, 11) is 0. The summed E-state index contributed by atoms with van der Waals surface area (Å²) >= 11 is 5.93. The summed E-state index contributed by atoms with van der Waals surface area (Å²) < 4.78 is 0. The number of hydrogen-bond acceptors (Lipinski definition) is 3. The highest BCUT2D eigenvalue weighted by Gasteiger charge is 2.23. The standard InChI is InChI=1S/C12H15ClN2O2/c13-12-11(15(16)17)8-4-3-7-10(14-12)9-5-1-2-6-9/h7-9H,1-6H2. The molecule has 0 saturated heterocycles. The van der Waals surface area contributed by atoms with Crippen LogP contribution in [0.25, 0.3) is 0 Å². The van der Waals surface area contributed by atoms with Crippen molar-refractivity contribution in [2.45, 2.75) is 38.5 Å². The molecule has 17 heavy (non-hydrogen) atoms.